The molecule has 1 unspecified atom stereocenters. The molecule has 0 radical (unpaired) electrons. The second kappa shape index (κ2) is 7.45. The second-order valence-corrected chi connectivity index (χ2v) is 6.16. The Hall–Kier alpha value is -1.33. The van der Waals surface area contributed by atoms with Crippen LogP contribution in [0.2, 0.25) is 5.02 Å². The molecule has 0 saturated heterocycles. The van der Waals surface area contributed by atoms with Gasteiger partial charge in [-0.3, -0.25) is 4.98 Å². The van der Waals surface area contributed by atoms with E-state index in [1.54, 1.807) is 25.3 Å². The number of halogens is 1. The molecule has 1 atom stereocenters. The van der Waals surface area contributed by atoms with Gasteiger partial charge < -0.3 is 15.7 Å². The molecule has 0 aliphatic rings. The number of nitrogens with zero attached hydrogens (tertiary/aromatic N) is 1. The molecule has 0 bridgehead atoms. The number of hydrogen-bond acceptors (Lipinski definition) is 3. The monoisotopic (exact) mass is 299 g/mol. The van der Waals surface area contributed by atoms with Gasteiger partial charge in [0, 0.05) is 12.7 Å². The van der Waals surface area contributed by atoms with Crippen LogP contribution in [-0.2, 0) is 6.54 Å². The molecule has 0 aromatic carbocycles. The highest BCUT2D eigenvalue weighted by Gasteiger charge is 2.20. The third kappa shape index (κ3) is 6.73. The van der Waals surface area contributed by atoms with Crippen molar-refractivity contribution in [1.82, 2.24) is 15.6 Å². The van der Waals surface area contributed by atoms with Crippen molar-refractivity contribution >= 4 is 17.6 Å². The zero-order valence-corrected chi connectivity index (χ0v) is 12.9. The van der Waals surface area contributed by atoms with Gasteiger partial charge in [-0.2, -0.15) is 0 Å². The molecule has 1 rings (SSSR count). The topological polar surface area (TPSA) is 74.2 Å². The first kappa shape index (κ1) is 16.7. The van der Waals surface area contributed by atoms with Crippen molar-refractivity contribution in [3.05, 3.63) is 29.0 Å². The van der Waals surface area contributed by atoms with Gasteiger partial charge in [0.25, 0.3) is 0 Å². The molecule has 1 heterocycles. The fraction of sp³-hybridized carbons (Fsp3) is 0.571. The summed E-state index contributed by atoms with van der Waals surface area (Å²) < 4.78 is 0. The Labute approximate surface area is 124 Å². The van der Waals surface area contributed by atoms with E-state index in [-0.39, 0.29) is 17.6 Å². The van der Waals surface area contributed by atoms with Crippen molar-refractivity contribution < 1.29 is 9.90 Å². The van der Waals surface area contributed by atoms with Crippen LogP contribution in [0.5, 0.6) is 0 Å². The molecule has 6 heteroatoms. The number of aliphatic hydroxyl groups excluding tert-OH is 1. The van der Waals surface area contributed by atoms with Crippen LogP contribution in [0.1, 0.15) is 32.9 Å². The number of rotatable bonds is 6. The van der Waals surface area contributed by atoms with Gasteiger partial charge in [0.1, 0.15) is 0 Å². The standard InChI is InChI=1S/C14H22ClN3O2/c1-10(19)6-14(2,3)9-18-13(20)17-8-12-5-4-11(15)7-16-12/h4-5,7,10,19H,6,8-9H2,1-3H3,(H2,17,18,20). The summed E-state index contributed by atoms with van der Waals surface area (Å²) in [6.45, 7) is 6.59. The molecule has 0 saturated carbocycles. The number of pyridine rings is 1. The van der Waals surface area contributed by atoms with Gasteiger partial charge in [-0.1, -0.05) is 25.4 Å². The van der Waals surface area contributed by atoms with Crippen molar-refractivity contribution in [3.8, 4) is 0 Å². The molecule has 0 fully saturated rings. The SMILES string of the molecule is CC(O)CC(C)(C)CNC(=O)NCc1ccc(Cl)cn1. The van der Waals surface area contributed by atoms with Gasteiger partial charge >= 0.3 is 6.03 Å². The third-order valence-corrected chi connectivity index (χ3v) is 3.02. The number of hydrogen-bond donors (Lipinski definition) is 3. The smallest absolute Gasteiger partial charge is 0.315 e. The van der Waals surface area contributed by atoms with Crippen LogP contribution in [0.15, 0.2) is 18.3 Å². The molecular formula is C14H22ClN3O2. The summed E-state index contributed by atoms with van der Waals surface area (Å²) >= 11 is 5.73. The minimum absolute atomic E-state index is 0.149. The normalized spacial score (nSPS) is 12.8. The Balaban J connectivity index is 2.32. The van der Waals surface area contributed by atoms with Gasteiger partial charge in [0.05, 0.1) is 23.4 Å². The summed E-state index contributed by atoms with van der Waals surface area (Å²) in [6, 6.07) is 3.25. The first-order chi connectivity index (χ1) is 9.28. The summed E-state index contributed by atoms with van der Waals surface area (Å²) in [6.07, 6.45) is 1.79. The van der Waals surface area contributed by atoms with Crippen molar-refractivity contribution in [1.29, 1.82) is 0 Å². The minimum atomic E-state index is -0.381. The first-order valence-electron chi connectivity index (χ1n) is 6.59. The summed E-state index contributed by atoms with van der Waals surface area (Å²) in [4.78, 5) is 15.8. The molecule has 0 aliphatic heterocycles. The van der Waals surface area contributed by atoms with Crippen molar-refractivity contribution in [2.24, 2.45) is 5.41 Å². The zero-order chi connectivity index (χ0) is 15.2. The average molecular weight is 300 g/mol. The molecule has 20 heavy (non-hydrogen) atoms. The largest absolute Gasteiger partial charge is 0.393 e. The number of urea groups is 1. The third-order valence-electron chi connectivity index (χ3n) is 2.79. The van der Waals surface area contributed by atoms with E-state index in [1.165, 1.54) is 0 Å². The predicted octanol–water partition coefficient (Wildman–Crippen LogP) is 2.33. The Kier molecular flexibility index (Phi) is 6.23. The van der Waals surface area contributed by atoms with Crippen molar-refractivity contribution in [2.75, 3.05) is 6.54 Å². The fourth-order valence-electron chi connectivity index (χ4n) is 1.94. The van der Waals surface area contributed by atoms with E-state index in [1.807, 2.05) is 13.8 Å². The van der Waals surface area contributed by atoms with Crippen molar-refractivity contribution in [3.63, 3.8) is 0 Å². The molecule has 1 aromatic heterocycles. The summed E-state index contributed by atoms with van der Waals surface area (Å²) in [7, 11) is 0. The molecular weight excluding hydrogens is 278 g/mol. The zero-order valence-electron chi connectivity index (χ0n) is 12.1. The first-order valence-corrected chi connectivity index (χ1v) is 6.96. The summed E-state index contributed by atoms with van der Waals surface area (Å²) in [5.74, 6) is 0. The molecule has 112 valence electrons. The Morgan fingerprint density at radius 2 is 2.15 bits per heavy atom. The molecule has 2 amide bonds. The van der Waals surface area contributed by atoms with Crippen molar-refractivity contribution in [2.45, 2.75) is 39.8 Å². The lowest BCUT2D eigenvalue weighted by Crippen LogP contribution is -2.41. The Bertz CT molecular complexity index is 433. The minimum Gasteiger partial charge on any atom is -0.393 e. The lowest BCUT2D eigenvalue weighted by molar-refractivity contribution is 0.129. The highest BCUT2D eigenvalue weighted by atomic mass is 35.5. The number of amides is 2. The fourth-order valence-corrected chi connectivity index (χ4v) is 2.05. The number of aromatic nitrogens is 1. The maximum atomic E-state index is 11.7. The average Bonchev–Trinajstić information content (AvgIpc) is 2.34. The van der Waals surface area contributed by atoms with Crippen LogP contribution >= 0.6 is 11.6 Å². The van der Waals surface area contributed by atoms with Crippen LogP contribution in [0, 0.1) is 5.41 Å². The summed E-state index contributed by atoms with van der Waals surface area (Å²) in [5.41, 5.74) is 0.595. The van der Waals surface area contributed by atoms with Crippen LogP contribution < -0.4 is 10.6 Å². The van der Waals surface area contributed by atoms with E-state index in [4.69, 9.17) is 11.6 Å². The molecule has 1 aromatic rings. The van der Waals surface area contributed by atoms with Gasteiger partial charge in [0.2, 0.25) is 0 Å². The Morgan fingerprint density at radius 1 is 1.45 bits per heavy atom. The lowest BCUT2D eigenvalue weighted by atomic mass is 9.87. The highest BCUT2D eigenvalue weighted by molar-refractivity contribution is 6.30. The highest BCUT2D eigenvalue weighted by Crippen LogP contribution is 2.20. The number of nitrogens with one attached hydrogen (secondary N) is 2. The maximum Gasteiger partial charge on any atom is 0.315 e. The quantitative estimate of drug-likeness (QED) is 0.755. The van der Waals surface area contributed by atoms with E-state index in [9.17, 15) is 9.90 Å². The Morgan fingerprint density at radius 3 is 2.70 bits per heavy atom. The molecule has 3 N–H and O–H groups in total. The van der Waals surface area contributed by atoms with E-state index in [0.29, 0.717) is 24.5 Å². The number of carbonyl (C=O) groups is 1. The van der Waals surface area contributed by atoms with Crippen LogP contribution in [0.4, 0.5) is 4.79 Å². The number of carbonyl (C=O) groups excluding carboxylic acids is 1. The van der Waals surface area contributed by atoms with E-state index in [0.717, 1.165) is 5.69 Å². The van der Waals surface area contributed by atoms with Gasteiger partial charge in [-0.25, -0.2) is 4.79 Å². The predicted molar refractivity (Wildman–Crippen MR) is 79.6 cm³/mol. The van der Waals surface area contributed by atoms with Crippen LogP contribution in [0.25, 0.3) is 0 Å². The van der Waals surface area contributed by atoms with E-state index >= 15 is 0 Å². The number of aliphatic hydroxyl groups is 1. The molecule has 0 aliphatic carbocycles. The maximum absolute atomic E-state index is 11.7. The van der Waals surface area contributed by atoms with Gasteiger partial charge in [-0.15, -0.1) is 0 Å². The van der Waals surface area contributed by atoms with Crippen LogP contribution in [-0.4, -0.2) is 28.8 Å². The van der Waals surface area contributed by atoms with E-state index in [2.05, 4.69) is 15.6 Å². The lowest BCUT2D eigenvalue weighted by Gasteiger charge is -2.26. The summed E-state index contributed by atoms with van der Waals surface area (Å²) in [5, 5.41) is 15.5. The van der Waals surface area contributed by atoms with E-state index < -0.39 is 0 Å². The van der Waals surface area contributed by atoms with Crippen LogP contribution in [0.3, 0.4) is 0 Å². The molecule has 5 nitrogen and oxygen atoms in total. The second-order valence-electron chi connectivity index (χ2n) is 5.72. The van der Waals surface area contributed by atoms with Gasteiger partial charge in [0.15, 0.2) is 0 Å². The van der Waals surface area contributed by atoms with Gasteiger partial charge in [-0.05, 0) is 30.9 Å². The molecule has 0 spiro atoms.